The van der Waals surface area contributed by atoms with Crippen molar-refractivity contribution in [1.29, 1.82) is 0 Å². The van der Waals surface area contributed by atoms with Crippen LogP contribution in [0.1, 0.15) is 25.3 Å². The minimum absolute atomic E-state index is 0.210. The SMILES string of the molecule is CCNC(=NCc1cccc(F)c1)NCC1CCCS1. The fourth-order valence-electron chi connectivity index (χ4n) is 2.16. The number of guanidine groups is 1. The maximum Gasteiger partial charge on any atom is 0.191 e. The summed E-state index contributed by atoms with van der Waals surface area (Å²) in [6.07, 6.45) is 2.59. The van der Waals surface area contributed by atoms with E-state index in [9.17, 15) is 4.39 Å². The van der Waals surface area contributed by atoms with Crippen molar-refractivity contribution in [3.8, 4) is 0 Å². The largest absolute Gasteiger partial charge is 0.357 e. The third-order valence-corrected chi connectivity index (χ3v) is 4.57. The van der Waals surface area contributed by atoms with E-state index in [2.05, 4.69) is 15.6 Å². The summed E-state index contributed by atoms with van der Waals surface area (Å²) in [5.74, 6) is 1.87. The van der Waals surface area contributed by atoms with E-state index in [1.807, 2.05) is 24.8 Å². The van der Waals surface area contributed by atoms with E-state index >= 15 is 0 Å². The summed E-state index contributed by atoms with van der Waals surface area (Å²) in [4.78, 5) is 4.50. The monoisotopic (exact) mass is 295 g/mol. The fraction of sp³-hybridized carbons (Fsp3) is 0.533. The van der Waals surface area contributed by atoms with Gasteiger partial charge in [0.1, 0.15) is 5.82 Å². The van der Waals surface area contributed by atoms with Crippen molar-refractivity contribution in [3.05, 3.63) is 35.6 Å². The lowest BCUT2D eigenvalue weighted by Gasteiger charge is -2.14. The maximum atomic E-state index is 13.1. The summed E-state index contributed by atoms with van der Waals surface area (Å²) in [6, 6.07) is 6.59. The minimum atomic E-state index is -0.210. The van der Waals surface area contributed by atoms with Crippen molar-refractivity contribution >= 4 is 17.7 Å². The molecule has 2 N–H and O–H groups in total. The topological polar surface area (TPSA) is 36.4 Å². The summed E-state index contributed by atoms with van der Waals surface area (Å²) in [5, 5.41) is 7.29. The molecular formula is C15H22FN3S. The number of hydrogen-bond acceptors (Lipinski definition) is 2. The van der Waals surface area contributed by atoms with Gasteiger partial charge >= 0.3 is 0 Å². The first-order chi connectivity index (χ1) is 9.78. The predicted molar refractivity (Wildman–Crippen MR) is 84.7 cm³/mol. The van der Waals surface area contributed by atoms with Gasteiger partial charge in [-0.25, -0.2) is 9.38 Å². The van der Waals surface area contributed by atoms with E-state index in [-0.39, 0.29) is 5.82 Å². The van der Waals surface area contributed by atoms with Gasteiger partial charge in [-0.15, -0.1) is 0 Å². The van der Waals surface area contributed by atoms with Crippen LogP contribution in [0.2, 0.25) is 0 Å². The first-order valence-corrected chi connectivity index (χ1v) is 8.21. The van der Waals surface area contributed by atoms with E-state index < -0.39 is 0 Å². The molecule has 1 aromatic carbocycles. The molecule has 1 saturated heterocycles. The number of nitrogens with one attached hydrogen (secondary N) is 2. The molecule has 5 heteroatoms. The normalized spacial score (nSPS) is 19.1. The van der Waals surface area contributed by atoms with Gasteiger partial charge in [0.2, 0.25) is 0 Å². The van der Waals surface area contributed by atoms with Gasteiger partial charge in [0.15, 0.2) is 5.96 Å². The number of hydrogen-bond donors (Lipinski definition) is 2. The maximum absolute atomic E-state index is 13.1. The zero-order valence-corrected chi connectivity index (χ0v) is 12.7. The number of halogens is 1. The van der Waals surface area contributed by atoms with Crippen LogP contribution in [0.4, 0.5) is 4.39 Å². The van der Waals surface area contributed by atoms with E-state index in [1.165, 1.54) is 30.7 Å². The molecule has 1 atom stereocenters. The number of benzene rings is 1. The molecule has 0 amide bonds. The molecule has 1 unspecified atom stereocenters. The van der Waals surface area contributed by atoms with Gasteiger partial charge in [0.25, 0.3) is 0 Å². The zero-order valence-electron chi connectivity index (χ0n) is 11.9. The van der Waals surface area contributed by atoms with Crippen molar-refractivity contribution in [2.24, 2.45) is 4.99 Å². The van der Waals surface area contributed by atoms with Crippen molar-refractivity contribution in [2.45, 2.75) is 31.6 Å². The molecule has 0 radical (unpaired) electrons. The molecule has 1 fully saturated rings. The standard InChI is InChI=1S/C15H22FN3S/c1-2-17-15(19-11-14-7-4-8-20-14)18-10-12-5-3-6-13(16)9-12/h3,5-6,9,14H,2,4,7-8,10-11H2,1H3,(H2,17,18,19). The molecule has 0 spiro atoms. The van der Waals surface area contributed by atoms with Crippen LogP contribution < -0.4 is 10.6 Å². The second-order valence-corrected chi connectivity index (χ2v) is 6.25. The van der Waals surface area contributed by atoms with E-state index in [1.54, 1.807) is 6.07 Å². The third kappa shape index (κ3) is 5.04. The Morgan fingerprint density at radius 3 is 3.05 bits per heavy atom. The molecule has 20 heavy (non-hydrogen) atoms. The molecule has 1 heterocycles. The number of thioether (sulfide) groups is 1. The average molecular weight is 295 g/mol. The van der Waals surface area contributed by atoms with Crippen LogP contribution in [0.15, 0.2) is 29.3 Å². The van der Waals surface area contributed by atoms with Crippen molar-refractivity contribution < 1.29 is 4.39 Å². The Morgan fingerprint density at radius 2 is 2.35 bits per heavy atom. The molecule has 0 bridgehead atoms. The van der Waals surface area contributed by atoms with Gasteiger partial charge in [0, 0.05) is 18.3 Å². The van der Waals surface area contributed by atoms with E-state index in [4.69, 9.17) is 0 Å². The van der Waals surface area contributed by atoms with Crippen LogP contribution in [0.5, 0.6) is 0 Å². The Hall–Kier alpha value is -1.23. The second kappa shape index (κ2) is 8.15. The summed E-state index contributed by atoms with van der Waals surface area (Å²) >= 11 is 2.02. The molecule has 0 saturated carbocycles. The highest BCUT2D eigenvalue weighted by atomic mass is 32.2. The average Bonchev–Trinajstić information content (AvgIpc) is 2.95. The lowest BCUT2D eigenvalue weighted by Crippen LogP contribution is -2.40. The lowest BCUT2D eigenvalue weighted by atomic mass is 10.2. The molecule has 110 valence electrons. The smallest absolute Gasteiger partial charge is 0.191 e. The van der Waals surface area contributed by atoms with Crippen LogP contribution in [0, 0.1) is 5.82 Å². The quantitative estimate of drug-likeness (QED) is 0.648. The Kier molecular flexibility index (Phi) is 6.18. The Bertz CT molecular complexity index is 444. The predicted octanol–water partition coefficient (Wildman–Crippen LogP) is 2.78. The highest BCUT2D eigenvalue weighted by molar-refractivity contribution is 8.00. The van der Waals surface area contributed by atoms with Gasteiger partial charge in [0.05, 0.1) is 6.54 Å². The minimum Gasteiger partial charge on any atom is -0.357 e. The number of aliphatic imine (C=N–C) groups is 1. The van der Waals surface area contributed by atoms with E-state index in [0.29, 0.717) is 11.8 Å². The highest BCUT2D eigenvalue weighted by Gasteiger charge is 2.15. The second-order valence-electron chi connectivity index (χ2n) is 4.84. The Balaban J connectivity index is 1.87. The Labute approximate surface area is 124 Å². The first-order valence-electron chi connectivity index (χ1n) is 7.16. The Morgan fingerprint density at radius 1 is 1.45 bits per heavy atom. The lowest BCUT2D eigenvalue weighted by molar-refractivity contribution is 0.625. The molecule has 2 rings (SSSR count). The number of rotatable bonds is 5. The van der Waals surface area contributed by atoms with Crippen molar-refractivity contribution in [2.75, 3.05) is 18.8 Å². The zero-order chi connectivity index (χ0) is 14.2. The fourth-order valence-corrected chi connectivity index (χ4v) is 3.36. The van der Waals surface area contributed by atoms with Gasteiger partial charge in [-0.2, -0.15) is 11.8 Å². The highest BCUT2D eigenvalue weighted by Crippen LogP contribution is 2.25. The van der Waals surface area contributed by atoms with E-state index in [0.717, 1.165) is 24.6 Å². The molecule has 3 nitrogen and oxygen atoms in total. The summed E-state index contributed by atoms with van der Waals surface area (Å²) in [7, 11) is 0. The van der Waals surface area contributed by atoms with Gasteiger partial charge < -0.3 is 10.6 Å². The van der Waals surface area contributed by atoms with Gasteiger partial charge in [-0.05, 0) is 43.2 Å². The van der Waals surface area contributed by atoms with Gasteiger partial charge in [-0.1, -0.05) is 12.1 Å². The third-order valence-electron chi connectivity index (χ3n) is 3.17. The molecular weight excluding hydrogens is 273 g/mol. The summed E-state index contributed by atoms with van der Waals surface area (Å²) in [6.45, 7) is 4.31. The van der Waals surface area contributed by atoms with Crippen LogP contribution in [-0.2, 0) is 6.54 Å². The van der Waals surface area contributed by atoms with Crippen LogP contribution >= 0.6 is 11.8 Å². The van der Waals surface area contributed by atoms with Crippen molar-refractivity contribution in [3.63, 3.8) is 0 Å². The molecule has 0 aliphatic carbocycles. The molecule has 1 aromatic rings. The summed E-state index contributed by atoms with van der Waals surface area (Å²) < 4.78 is 13.1. The molecule has 1 aliphatic heterocycles. The van der Waals surface area contributed by atoms with Gasteiger partial charge in [-0.3, -0.25) is 0 Å². The van der Waals surface area contributed by atoms with Crippen molar-refractivity contribution in [1.82, 2.24) is 10.6 Å². The number of nitrogens with zero attached hydrogens (tertiary/aromatic N) is 1. The molecule has 0 aromatic heterocycles. The molecule has 1 aliphatic rings. The first kappa shape index (κ1) is 15.2. The van der Waals surface area contributed by atoms with Crippen LogP contribution in [0.25, 0.3) is 0 Å². The van der Waals surface area contributed by atoms with Crippen LogP contribution in [0.3, 0.4) is 0 Å². The summed E-state index contributed by atoms with van der Waals surface area (Å²) in [5.41, 5.74) is 0.887. The van der Waals surface area contributed by atoms with Crippen LogP contribution in [-0.4, -0.2) is 30.1 Å².